The summed E-state index contributed by atoms with van der Waals surface area (Å²) in [5, 5.41) is 15.3. The maximum atomic E-state index is 12.1. The van der Waals surface area contributed by atoms with Crippen molar-refractivity contribution in [2.75, 3.05) is 18.4 Å². The first-order valence-corrected chi connectivity index (χ1v) is 11.7. The molecule has 0 unspecified atom stereocenters. The molecular formula is C22H21N3O3S2. The third-order valence-electron chi connectivity index (χ3n) is 4.95. The summed E-state index contributed by atoms with van der Waals surface area (Å²) >= 11 is 1.53. The van der Waals surface area contributed by atoms with Crippen LogP contribution in [0.2, 0.25) is 0 Å². The van der Waals surface area contributed by atoms with E-state index >= 15 is 0 Å². The van der Waals surface area contributed by atoms with Crippen molar-refractivity contribution in [1.82, 2.24) is 9.29 Å². The van der Waals surface area contributed by atoms with E-state index in [9.17, 15) is 13.5 Å². The standard InChI is InChI=1S/C22H21N3O3S2/c1-3-30(27,28)25-10-8-17-6-7-19(13-18(17)14-25)23-9-4-5-16-11-20(26)22-21(12-16)29-15(2)24-22/h3,6-7,11-13,23,26H,1,8-10,14H2,2H3. The molecular weight excluding hydrogens is 418 g/mol. The molecule has 0 saturated heterocycles. The SMILES string of the molecule is C=CS(=O)(=O)N1CCc2ccc(NCC#Cc3cc(O)c4nc(C)sc4c3)cc2C1. The van der Waals surface area contributed by atoms with Crippen LogP contribution in [0.1, 0.15) is 21.7 Å². The molecule has 0 bridgehead atoms. The van der Waals surface area contributed by atoms with Gasteiger partial charge in [-0.3, -0.25) is 0 Å². The molecule has 3 aromatic rings. The summed E-state index contributed by atoms with van der Waals surface area (Å²) in [6.45, 7) is 6.55. The van der Waals surface area contributed by atoms with Gasteiger partial charge in [-0.1, -0.05) is 24.5 Å². The quantitative estimate of drug-likeness (QED) is 0.607. The Morgan fingerprint density at radius 3 is 2.97 bits per heavy atom. The Morgan fingerprint density at radius 1 is 1.33 bits per heavy atom. The molecule has 0 saturated carbocycles. The molecule has 6 nitrogen and oxygen atoms in total. The van der Waals surface area contributed by atoms with Crippen LogP contribution in [-0.2, 0) is 23.0 Å². The van der Waals surface area contributed by atoms with Gasteiger partial charge in [0, 0.05) is 29.7 Å². The number of phenolic OH excluding ortho intramolecular Hbond substituents is 1. The fraction of sp³-hybridized carbons (Fsp3) is 0.227. The lowest BCUT2D eigenvalue weighted by atomic mass is 10.0. The summed E-state index contributed by atoms with van der Waals surface area (Å²) in [7, 11) is -3.42. The summed E-state index contributed by atoms with van der Waals surface area (Å²) in [6, 6.07) is 9.54. The number of aryl methyl sites for hydroxylation is 1. The number of benzene rings is 2. The Bertz CT molecular complexity index is 1300. The summed E-state index contributed by atoms with van der Waals surface area (Å²) < 4.78 is 26.5. The van der Waals surface area contributed by atoms with Crippen LogP contribution in [0, 0.1) is 18.8 Å². The second-order valence-electron chi connectivity index (χ2n) is 7.01. The lowest BCUT2D eigenvalue weighted by Crippen LogP contribution is -2.34. The van der Waals surface area contributed by atoms with Crippen molar-refractivity contribution in [1.29, 1.82) is 0 Å². The maximum absolute atomic E-state index is 12.1. The van der Waals surface area contributed by atoms with Crippen LogP contribution in [0.15, 0.2) is 42.3 Å². The number of anilines is 1. The highest BCUT2D eigenvalue weighted by molar-refractivity contribution is 7.91. The van der Waals surface area contributed by atoms with E-state index < -0.39 is 10.0 Å². The van der Waals surface area contributed by atoms with E-state index in [4.69, 9.17) is 0 Å². The van der Waals surface area contributed by atoms with Crippen LogP contribution in [0.25, 0.3) is 10.2 Å². The van der Waals surface area contributed by atoms with Crippen LogP contribution in [0.4, 0.5) is 5.69 Å². The number of hydrogen-bond donors (Lipinski definition) is 2. The van der Waals surface area contributed by atoms with Gasteiger partial charge >= 0.3 is 0 Å². The van der Waals surface area contributed by atoms with Gasteiger partial charge in [0.25, 0.3) is 0 Å². The Kier molecular flexibility index (Phi) is 5.52. The van der Waals surface area contributed by atoms with Gasteiger partial charge in [-0.25, -0.2) is 13.4 Å². The first kappa shape index (κ1) is 20.4. The number of aromatic nitrogens is 1. The van der Waals surface area contributed by atoms with Crippen molar-refractivity contribution in [3.05, 3.63) is 64.0 Å². The zero-order valence-corrected chi connectivity index (χ0v) is 18.1. The van der Waals surface area contributed by atoms with Crippen LogP contribution in [0.3, 0.4) is 0 Å². The van der Waals surface area contributed by atoms with Crippen LogP contribution in [0.5, 0.6) is 5.75 Å². The number of sulfonamides is 1. The molecule has 0 atom stereocenters. The van der Waals surface area contributed by atoms with Crippen molar-refractivity contribution in [2.24, 2.45) is 0 Å². The third-order valence-corrected chi connectivity index (χ3v) is 7.32. The van der Waals surface area contributed by atoms with Crippen molar-refractivity contribution in [2.45, 2.75) is 19.9 Å². The van der Waals surface area contributed by atoms with Crippen molar-refractivity contribution in [3.63, 3.8) is 0 Å². The fourth-order valence-electron chi connectivity index (χ4n) is 3.45. The van der Waals surface area contributed by atoms with Crippen molar-refractivity contribution in [3.8, 4) is 17.6 Å². The number of fused-ring (bicyclic) bond motifs is 2. The Balaban J connectivity index is 1.45. The summed E-state index contributed by atoms with van der Waals surface area (Å²) in [5.74, 6) is 6.27. The molecule has 1 aliphatic rings. The number of nitrogens with one attached hydrogen (secondary N) is 1. The molecule has 2 N–H and O–H groups in total. The first-order chi connectivity index (χ1) is 14.4. The average Bonchev–Trinajstić information content (AvgIpc) is 3.11. The van der Waals surface area contributed by atoms with Gasteiger partial charge in [0.15, 0.2) is 0 Å². The minimum Gasteiger partial charge on any atom is -0.506 e. The molecule has 0 aliphatic carbocycles. The second-order valence-corrected chi connectivity index (χ2v) is 10.1. The number of phenols is 1. The van der Waals surface area contributed by atoms with Gasteiger partial charge in [-0.2, -0.15) is 4.31 Å². The van der Waals surface area contributed by atoms with E-state index in [0.29, 0.717) is 31.6 Å². The zero-order chi connectivity index (χ0) is 21.3. The molecule has 1 aromatic heterocycles. The molecule has 2 aromatic carbocycles. The van der Waals surface area contributed by atoms with E-state index in [-0.39, 0.29) is 5.75 Å². The second kappa shape index (κ2) is 8.11. The van der Waals surface area contributed by atoms with E-state index in [1.165, 1.54) is 15.6 Å². The molecule has 1 aliphatic heterocycles. The highest BCUT2D eigenvalue weighted by atomic mass is 32.2. The van der Waals surface area contributed by atoms with E-state index in [1.54, 1.807) is 6.07 Å². The maximum Gasteiger partial charge on any atom is 0.235 e. The lowest BCUT2D eigenvalue weighted by molar-refractivity contribution is 0.397. The normalized spacial score (nSPS) is 14.0. The molecule has 0 amide bonds. The monoisotopic (exact) mass is 439 g/mol. The Hall–Kier alpha value is -2.86. The summed E-state index contributed by atoms with van der Waals surface area (Å²) in [6.07, 6.45) is 0.686. The Morgan fingerprint density at radius 2 is 2.17 bits per heavy atom. The average molecular weight is 440 g/mol. The molecule has 0 fully saturated rings. The van der Waals surface area contributed by atoms with E-state index in [0.717, 1.165) is 37.5 Å². The highest BCUT2D eigenvalue weighted by Crippen LogP contribution is 2.30. The summed E-state index contributed by atoms with van der Waals surface area (Å²) in [4.78, 5) is 4.31. The highest BCUT2D eigenvalue weighted by Gasteiger charge is 2.24. The number of rotatable bonds is 4. The van der Waals surface area contributed by atoms with Gasteiger partial charge in [-0.15, -0.1) is 11.3 Å². The van der Waals surface area contributed by atoms with Crippen LogP contribution < -0.4 is 5.32 Å². The van der Waals surface area contributed by atoms with Crippen molar-refractivity contribution < 1.29 is 13.5 Å². The number of aromatic hydroxyl groups is 1. The smallest absolute Gasteiger partial charge is 0.235 e. The van der Waals surface area contributed by atoms with Crippen LogP contribution in [-0.4, -0.2) is 35.9 Å². The predicted molar refractivity (Wildman–Crippen MR) is 121 cm³/mol. The van der Waals surface area contributed by atoms with Crippen LogP contribution >= 0.6 is 11.3 Å². The molecule has 0 spiro atoms. The minimum atomic E-state index is -3.42. The number of nitrogens with zero attached hydrogens (tertiary/aromatic N) is 2. The molecule has 154 valence electrons. The Labute approximate surface area is 179 Å². The number of thiazole rings is 1. The van der Waals surface area contributed by atoms with Gasteiger partial charge < -0.3 is 10.4 Å². The molecule has 4 rings (SSSR count). The van der Waals surface area contributed by atoms with Crippen molar-refractivity contribution >= 4 is 37.3 Å². The first-order valence-electron chi connectivity index (χ1n) is 9.43. The van der Waals surface area contributed by atoms with Gasteiger partial charge in [-0.05, 0) is 48.7 Å². The third kappa shape index (κ3) is 4.19. The molecule has 30 heavy (non-hydrogen) atoms. The van der Waals surface area contributed by atoms with Gasteiger partial charge in [0.2, 0.25) is 10.0 Å². The molecule has 0 radical (unpaired) electrons. The van der Waals surface area contributed by atoms with Gasteiger partial charge in [0.1, 0.15) is 11.3 Å². The minimum absolute atomic E-state index is 0.142. The fourth-order valence-corrected chi connectivity index (χ4v) is 5.21. The molecule has 8 heteroatoms. The largest absolute Gasteiger partial charge is 0.506 e. The summed E-state index contributed by atoms with van der Waals surface area (Å²) in [5.41, 5.74) is 4.38. The lowest BCUT2D eigenvalue weighted by Gasteiger charge is -2.27. The molecule has 2 heterocycles. The van der Waals surface area contributed by atoms with E-state index in [1.807, 2.05) is 31.2 Å². The number of hydrogen-bond acceptors (Lipinski definition) is 6. The van der Waals surface area contributed by atoms with E-state index in [2.05, 4.69) is 28.7 Å². The topological polar surface area (TPSA) is 82.5 Å². The zero-order valence-electron chi connectivity index (χ0n) is 16.5. The van der Waals surface area contributed by atoms with Gasteiger partial charge in [0.05, 0.1) is 16.3 Å². The predicted octanol–water partition coefficient (Wildman–Crippen LogP) is 3.61.